The molecule has 3 aromatic rings. The van der Waals surface area contributed by atoms with Gasteiger partial charge in [-0.2, -0.15) is 0 Å². The minimum absolute atomic E-state index is 0.0969. The second-order valence-corrected chi connectivity index (χ2v) is 7.28. The van der Waals surface area contributed by atoms with Crippen molar-refractivity contribution in [3.63, 3.8) is 0 Å². The van der Waals surface area contributed by atoms with Gasteiger partial charge in [0.05, 0.1) is 17.1 Å². The molecule has 0 saturated carbocycles. The largest absolute Gasteiger partial charge is 0.381 e. The number of hydrogen-bond acceptors (Lipinski definition) is 5. The van der Waals surface area contributed by atoms with Gasteiger partial charge in [-0.3, -0.25) is 9.20 Å². The quantitative estimate of drug-likeness (QED) is 0.647. The molecule has 1 aromatic carbocycles. The van der Waals surface area contributed by atoms with Crippen molar-refractivity contribution in [2.45, 2.75) is 23.8 Å². The van der Waals surface area contributed by atoms with E-state index < -0.39 is 11.1 Å². The van der Waals surface area contributed by atoms with Crippen LogP contribution in [-0.2, 0) is 22.4 Å². The highest BCUT2D eigenvalue weighted by Gasteiger charge is 2.23. The minimum atomic E-state index is -2.06. The van der Waals surface area contributed by atoms with Gasteiger partial charge in [-0.05, 0) is 23.6 Å². The molecular weight excluding hydrogens is 368 g/mol. The standard InChI is InChI=1S/C18H18N4O4S/c23-17(14-9-21-18-19-4-5-22(18)10-14)20-8-12-1-2-16(27(24)25)15(7-12)13-3-6-26-11-13/h1-2,4-5,7,9-10,13H,3,6,8,11H2,(H,20,23)(H,24,25). The van der Waals surface area contributed by atoms with Crippen LogP contribution in [0.1, 0.15) is 33.8 Å². The molecule has 27 heavy (non-hydrogen) atoms. The van der Waals surface area contributed by atoms with Gasteiger partial charge in [-0.25, -0.2) is 14.2 Å². The van der Waals surface area contributed by atoms with Crippen LogP contribution in [0.2, 0.25) is 0 Å². The predicted octanol–water partition coefficient (Wildman–Crippen LogP) is 1.74. The van der Waals surface area contributed by atoms with Crippen LogP contribution < -0.4 is 5.32 Å². The van der Waals surface area contributed by atoms with Gasteiger partial charge in [0.15, 0.2) is 11.1 Å². The van der Waals surface area contributed by atoms with Crippen molar-refractivity contribution in [2.75, 3.05) is 13.2 Å². The van der Waals surface area contributed by atoms with Crippen LogP contribution in [0, 0.1) is 0 Å². The van der Waals surface area contributed by atoms with Gasteiger partial charge in [0, 0.05) is 43.9 Å². The van der Waals surface area contributed by atoms with Crippen LogP contribution in [0.4, 0.5) is 0 Å². The molecule has 4 rings (SSSR count). The van der Waals surface area contributed by atoms with Gasteiger partial charge < -0.3 is 14.6 Å². The molecule has 1 saturated heterocycles. The Balaban J connectivity index is 1.50. The van der Waals surface area contributed by atoms with Crippen molar-refractivity contribution in [3.05, 3.63) is 59.7 Å². The molecule has 0 spiro atoms. The summed E-state index contributed by atoms with van der Waals surface area (Å²) in [6.07, 6.45) is 7.31. The Morgan fingerprint density at radius 3 is 3.07 bits per heavy atom. The molecule has 2 N–H and O–H groups in total. The normalized spacial score (nSPS) is 17.9. The van der Waals surface area contributed by atoms with Gasteiger partial charge in [0.25, 0.3) is 5.91 Å². The maximum absolute atomic E-state index is 12.4. The topological polar surface area (TPSA) is 106 Å². The highest BCUT2D eigenvalue weighted by Crippen LogP contribution is 2.30. The summed E-state index contributed by atoms with van der Waals surface area (Å²) in [6, 6.07) is 5.27. The van der Waals surface area contributed by atoms with E-state index in [-0.39, 0.29) is 11.8 Å². The van der Waals surface area contributed by atoms with Gasteiger partial charge in [-0.1, -0.05) is 12.1 Å². The second-order valence-electron chi connectivity index (χ2n) is 6.34. The van der Waals surface area contributed by atoms with Crippen molar-refractivity contribution >= 4 is 22.8 Å². The number of hydrogen-bond donors (Lipinski definition) is 2. The SMILES string of the molecule is O=C(NCc1ccc(S(=O)O)c(C2CCOC2)c1)c1cnc2nccn2c1. The van der Waals surface area contributed by atoms with E-state index >= 15 is 0 Å². The lowest BCUT2D eigenvalue weighted by Gasteiger charge is -2.14. The zero-order valence-electron chi connectivity index (χ0n) is 14.4. The van der Waals surface area contributed by atoms with Crippen molar-refractivity contribution in [1.29, 1.82) is 0 Å². The smallest absolute Gasteiger partial charge is 0.254 e. The average Bonchev–Trinajstić information content (AvgIpc) is 3.36. The molecular formula is C18H18N4O4S. The zero-order chi connectivity index (χ0) is 18.8. The fraction of sp³-hybridized carbons (Fsp3) is 0.278. The third-order valence-corrected chi connectivity index (χ3v) is 5.34. The highest BCUT2D eigenvalue weighted by molar-refractivity contribution is 7.79. The summed E-state index contributed by atoms with van der Waals surface area (Å²) >= 11 is -2.06. The molecule has 0 radical (unpaired) electrons. The highest BCUT2D eigenvalue weighted by atomic mass is 32.2. The van der Waals surface area contributed by atoms with E-state index in [1.54, 1.807) is 35.1 Å². The summed E-state index contributed by atoms with van der Waals surface area (Å²) < 4.78 is 28.2. The molecule has 2 unspecified atom stereocenters. The number of nitrogens with one attached hydrogen (secondary N) is 1. The van der Waals surface area contributed by atoms with Crippen molar-refractivity contribution in [2.24, 2.45) is 0 Å². The maximum Gasteiger partial charge on any atom is 0.254 e. The van der Waals surface area contributed by atoms with Crippen LogP contribution in [-0.4, -0.2) is 42.3 Å². The first kappa shape index (κ1) is 17.8. The third-order valence-electron chi connectivity index (χ3n) is 4.59. The first-order valence-electron chi connectivity index (χ1n) is 8.50. The maximum atomic E-state index is 12.4. The van der Waals surface area contributed by atoms with E-state index in [9.17, 15) is 13.6 Å². The van der Waals surface area contributed by atoms with Crippen LogP contribution in [0.15, 0.2) is 47.9 Å². The lowest BCUT2D eigenvalue weighted by atomic mass is 9.96. The van der Waals surface area contributed by atoms with Crippen LogP contribution >= 0.6 is 0 Å². The number of benzene rings is 1. The Kier molecular flexibility index (Phi) is 4.97. The summed E-state index contributed by atoms with van der Waals surface area (Å²) in [4.78, 5) is 21.0. The van der Waals surface area contributed by atoms with E-state index in [0.717, 1.165) is 17.5 Å². The predicted molar refractivity (Wildman–Crippen MR) is 97.8 cm³/mol. The Bertz CT molecular complexity index is 1010. The first-order valence-corrected chi connectivity index (χ1v) is 9.61. The number of fused-ring (bicyclic) bond motifs is 1. The molecule has 2 atom stereocenters. The first-order chi connectivity index (χ1) is 13.1. The van der Waals surface area contributed by atoms with Gasteiger partial charge in [-0.15, -0.1) is 0 Å². The number of aromatic nitrogens is 3. The molecule has 140 valence electrons. The fourth-order valence-electron chi connectivity index (χ4n) is 3.18. The monoisotopic (exact) mass is 386 g/mol. The van der Waals surface area contributed by atoms with Gasteiger partial charge in [0.2, 0.25) is 5.78 Å². The molecule has 0 aliphatic carbocycles. The molecule has 1 amide bonds. The fourth-order valence-corrected chi connectivity index (χ4v) is 3.80. The molecule has 1 aliphatic heterocycles. The van der Waals surface area contributed by atoms with Crippen LogP contribution in [0.3, 0.4) is 0 Å². The summed E-state index contributed by atoms with van der Waals surface area (Å²) in [5.74, 6) is 0.376. The van der Waals surface area contributed by atoms with Crippen LogP contribution in [0.25, 0.3) is 5.78 Å². The summed E-state index contributed by atoms with van der Waals surface area (Å²) in [7, 11) is 0. The third kappa shape index (κ3) is 3.75. The minimum Gasteiger partial charge on any atom is -0.381 e. The lowest BCUT2D eigenvalue weighted by molar-refractivity contribution is 0.0950. The van der Waals surface area contributed by atoms with Gasteiger partial charge >= 0.3 is 0 Å². The molecule has 0 bridgehead atoms. The molecule has 8 nitrogen and oxygen atoms in total. The van der Waals surface area contributed by atoms with E-state index in [2.05, 4.69) is 15.3 Å². The van der Waals surface area contributed by atoms with E-state index in [4.69, 9.17) is 4.74 Å². The number of nitrogens with zero attached hydrogens (tertiary/aromatic N) is 3. The Morgan fingerprint density at radius 1 is 1.41 bits per heavy atom. The van der Waals surface area contributed by atoms with E-state index in [1.807, 2.05) is 6.07 Å². The molecule has 1 aliphatic rings. The summed E-state index contributed by atoms with van der Waals surface area (Å²) in [5, 5.41) is 2.86. The molecule has 2 aromatic heterocycles. The Hall–Kier alpha value is -2.62. The van der Waals surface area contributed by atoms with Crippen LogP contribution in [0.5, 0.6) is 0 Å². The van der Waals surface area contributed by atoms with E-state index in [1.165, 1.54) is 6.20 Å². The van der Waals surface area contributed by atoms with Crippen molar-refractivity contribution < 1.29 is 18.3 Å². The number of ether oxygens (including phenoxy) is 1. The summed E-state index contributed by atoms with van der Waals surface area (Å²) in [5.41, 5.74) is 2.09. The van der Waals surface area contributed by atoms with E-state index in [0.29, 0.717) is 36.0 Å². The van der Waals surface area contributed by atoms with Gasteiger partial charge in [0.1, 0.15) is 0 Å². The van der Waals surface area contributed by atoms with Crippen molar-refractivity contribution in [3.8, 4) is 0 Å². The van der Waals surface area contributed by atoms with Crippen molar-refractivity contribution in [1.82, 2.24) is 19.7 Å². The lowest BCUT2D eigenvalue weighted by Crippen LogP contribution is -2.23. The number of rotatable bonds is 5. The molecule has 1 fully saturated rings. The number of imidazole rings is 1. The summed E-state index contributed by atoms with van der Waals surface area (Å²) in [6.45, 7) is 1.49. The number of carbonyl (C=O) groups excluding carboxylic acids is 1. The number of amides is 1. The average molecular weight is 386 g/mol. The molecule has 9 heteroatoms. The Morgan fingerprint density at radius 2 is 2.30 bits per heavy atom. The Labute approximate surface area is 157 Å². The zero-order valence-corrected chi connectivity index (χ0v) is 15.2. The second kappa shape index (κ2) is 7.55. The molecule has 3 heterocycles. The number of carbonyl (C=O) groups is 1.